The molecule has 0 aliphatic rings. The monoisotopic (exact) mass is 402 g/mol. The second-order valence-electron chi connectivity index (χ2n) is 6.37. The highest BCUT2D eigenvalue weighted by Gasteiger charge is 2.17. The molecule has 0 amide bonds. The lowest BCUT2D eigenvalue weighted by Crippen LogP contribution is -2.20. The van der Waals surface area contributed by atoms with Gasteiger partial charge in [0.2, 0.25) is 7.37 Å². The molecule has 28 heavy (non-hydrogen) atoms. The Kier molecular flexibility index (Phi) is 7.36. The van der Waals surface area contributed by atoms with Crippen LogP contribution in [0.15, 0.2) is 36.4 Å². The van der Waals surface area contributed by atoms with Gasteiger partial charge < -0.3 is 19.6 Å². The van der Waals surface area contributed by atoms with E-state index >= 15 is 0 Å². The molecule has 0 fully saturated rings. The first-order valence-corrected chi connectivity index (χ1v) is 10.7. The fourth-order valence-corrected chi connectivity index (χ4v) is 2.94. The Balaban J connectivity index is 2.26. The van der Waals surface area contributed by atoms with Crippen molar-refractivity contribution < 1.29 is 24.1 Å². The maximum absolute atomic E-state index is 12.1. The van der Waals surface area contributed by atoms with Gasteiger partial charge >= 0.3 is 5.97 Å². The van der Waals surface area contributed by atoms with Crippen LogP contribution in [0.3, 0.4) is 0 Å². The zero-order chi connectivity index (χ0) is 20.7. The van der Waals surface area contributed by atoms with Crippen molar-refractivity contribution in [3.63, 3.8) is 0 Å². The van der Waals surface area contributed by atoms with E-state index in [2.05, 4.69) is 16.8 Å². The second-order valence-corrected chi connectivity index (χ2v) is 8.59. The van der Waals surface area contributed by atoms with Crippen LogP contribution in [0.1, 0.15) is 23.7 Å². The summed E-state index contributed by atoms with van der Waals surface area (Å²) in [5.41, 5.74) is 2.12. The van der Waals surface area contributed by atoms with Crippen molar-refractivity contribution in [2.45, 2.75) is 13.5 Å². The third-order valence-electron chi connectivity index (χ3n) is 3.83. The van der Waals surface area contributed by atoms with Crippen molar-refractivity contribution in [2.75, 3.05) is 26.9 Å². The normalized spacial score (nSPS) is 12.8. The molecule has 0 saturated heterocycles. The molecule has 8 heteroatoms. The van der Waals surface area contributed by atoms with Crippen LogP contribution >= 0.6 is 7.37 Å². The van der Waals surface area contributed by atoms with E-state index in [0.717, 1.165) is 6.54 Å². The van der Waals surface area contributed by atoms with Crippen molar-refractivity contribution in [1.29, 1.82) is 0 Å². The third-order valence-corrected chi connectivity index (χ3v) is 4.91. The maximum atomic E-state index is 12.1. The molecular formula is C20H23N2O5P. The Hall–Kier alpha value is -2.65. The molecule has 1 unspecified atom stereocenters. The lowest BCUT2D eigenvalue weighted by atomic mass is 10.2. The van der Waals surface area contributed by atoms with E-state index in [1.165, 1.54) is 12.7 Å². The van der Waals surface area contributed by atoms with Crippen molar-refractivity contribution in [1.82, 2.24) is 9.88 Å². The Morgan fingerprint density at radius 1 is 1.21 bits per heavy atom. The summed E-state index contributed by atoms with van der Waals surface area (Å²) in [6.45, 7) is 4.25. The highest BCUT2D eigenvalue weighted by Crippen LogP contribution is 2.33. The van der Waals surface area contributed by atoms with Crippen LogP contribution in [0.2, 0.25) is 0 Å². The average Bonchev–Trinajstić information content (AvgIpc) is 2.64. The fourth-order valence-electron chi connectivity index (χ4n) is 2.25. The topological polar surface area (TPSA) is 100.0 Å². The Morgan fingerprint density at radius 2 is 1.86 bits per heavy atom. The molecule has 148 valence electrons. The summed E-state index contributed by atoms with van der Waals surface area (Å²) in [5.74, 6) is 5.39. The standard InChI is InChI=1S/C20H23N2O5P/c1-4-22(2)13-17-11-16(12-19(21-17)28(3,25)26)6-5-15-7-9-18(10-8-15)27-14-20(23)24/h7-12H,4,13-14H2,1-3H3,(H,23,24)(H,25,26). The molecule has 1 aromatic carbocycles. The molecule has 2 aromatic rings. The summed E-state index contributed by atoms with van der Waals surface area (Å²) in [7, 11) is -1.56. The third kappa shape index (κ3) is 6.82. The number of hydrogen-bond donors (Lipinski definition) is 2. The Bertz CT molecular complexity index is 941. The van der Waals surface area contributed by atoms with Crippen LogP contribution in [0.4, 0.5) is 0 Å². The molecule has 2 rings (SSSR count). The van der Waals surface area contributed by atoms with Crippen LogP contribution in [0.5, 0.6) is 5.75 Å². The van der Waals surface area contributed by atoms with Crippen LogP contribution in [0.25, 0.3) is 0 Å². The number of carboxylic acids is 1. The van der Waals surface area contributed by atoms with E-state index in [0.29, 0.717) is 29.1 Å². The van der Waals surface area contributed by atoms with E-state index in [9.17, 15) is 14.3 Å². The number of carbonyl (C=O) groups is 1. The van der Waals surface area contributed by atoms with E-state index in [-0.39, 0.29) is 5.44 Å². The van der Waals surface area contributed by atoms with Gasteiger partial charge in [-0.3, -0.25) is 4.57 Å². The highest BCUT2D eigenvalue weighted by molar-refractivity contribution is 7.65. The minimum Gasteiger partial charge on any atom is -0.482 e. The number of hydrogen-bond acceptors (Lipinski definition) is 5. The quantitative estimate of drug-likeness (QED) is 0.539. The molecule has 2 N–H and O–H groups in total. The first-order chi connectivity index (χ1) is 13.2. The molecule has 0 bridgehead atoms. The fraction of sp³-hybridized carbons (Fsp3) is 0.300. The summed E-state index contributed by atoms with van der Waals surface area (Å²) in [6.07, 6.45) is 0. The number of aliphatic carboxylic acids is 1. The molecule has 0 aliphatic carbocycles. The van der Waals surface area contributed by atoms with Crippen LogP contribution in [-0.2, 0) is 15.9 Å². The summed E-state index contributed by atoms with van der Waals surface area (Å²) < 4.78 is 17.2. The molecule has 0 spiro atoms. The summed E-state index contributed by atoms with van der Waals surface area (Å²) >= 11 is 0. The van der Waals surface area contributed by atoms with Gasteiger partial charge in [-0.1, -0.05) is 18.8 Å². The van der Waals surface area contributed by atoms with Crippen LogP contribution in [0, 0.1) is 11.8 Å². The number of carboxylic acid groups (broad SMARTS) is 1. The molecule has 1 aromatic heterocycles. The second kappa shape index (κ2) is 9.52. The van der Waals surface area contributed by atoms with E-state index in [4.69, 9.17) is 9.84 Å². The van der Waals surface area contributed by atoms with E-state index in [1.54, 1.807) is 24.3 Å². The molecular weight excluding hydrogens is 379 g/mol. The first kappa shape index (κ1) is 21.6. The molecule has 0 saturated carbocycles. The van der Waals surface area contributed by atoms with Crippen LogP contribution in [-0.4, -0.2) is 52.7 Å². The summed E-state index contributed by atoms with van der Waals surface area (Å²) in [6, 6.07) is 10.1. The maximum Gasteiger partial charge on any atom is 0.341 e. The van der Waals surface area contributed by atoms with Gasteiger partial charge in [0.25, 0.3) is 0 Å². The van der Waals surface area contributed by atoms with Crippen molar-refractivity contribution in [3.05, 3.63) is 53.2 Å². The van der Waals surface area contributed by atoms with Gasteiger partial charge in [-0.15, -0.1) is 0 Å². The first-order valence-electron chi connectivity index (χ1n) is 8.64. The van der Waals surface area contributed by atoms with Gasteiger partial charge in [-0.05, 0) is 50.0 Å². The lowest BCUT2D eigenvalue weighted by molar-refractivity contribution is -0.139. The Labute approximate surface area is 164 Å². The highest BCUT2D eigenvalue weighted by atomic mass is 31.2. The van der Waals surface area contributed by atoms with Gasteiger partial charge in [0.15, 0.2) is 6.61 Å². The SMILES string of the molecule is CCN(C)Cc1cc(C#Cc2ccc(OCC(=O)O)cc2)cc(P(C)(=O)O)n1. The number of ether oxygens (including phenoxy) is 1. The van der Waals surface area contributed by atoms with E-state index < -0.39 is 19.9 Å². The molecule has 7 nitrogen and oxygen atoms in total. The Morgan fingerprint density at radius 3 is 2.43 bits per heavy atom. The van der Waals surface area contributed by atoms with Gasteiger partial charge in [-0.2, -0.15) is 0 Å². The zero-order valence-corrected chi connectivity index (χ0v) is 16.9. The summed E-state index contributed by atoms with van der Waals surface area (Å²) in [5, 5.41) is 8.62. The zero-order valence-electron chi connectivity index (χ0n) is 16.0. The van der Waals surface area contributed by atoms with E-state index in [1.807, 2.05) is 24.9 Å². The molecule has 0 radical (unpaired) electrons. The van der Waals surface area contributed by atoms with Crippen molar-refractivity contribution >= 4 is 18.8 Å². The minimum atomic E-state index is -3.50. The van der Waals surface area contributed by atoms with Crippen LogP contribution < -0.4 is 10.2 Å². The smallest absolute Gasteiger partial charge is 0.341 e. The van der Waals surface area contributed by atoms with Gasteiger partial charge in [0.05, 0.1) is 5.69 Å². The molecule has 0 aliphatic heterocycles. The predicted molar refractivity (Wildman–Crippen MR) is 107 cm³/mol. The van der Waals surface area contributed by atoms with Gasteiger partial charge in [0, 0.05) is 24.3 Å². The average molecular weight is 402 g/mol. The largest absolute Gasteiger partial charge is 0.482 e. The lowest BCUT2D eigenvalue weighted by Gasteiger charge is -2.15. The molecule has 1 heterocycles. The number of rotatable bonds is 7. The van der Waals surface area contributed by atoms with Gasteiger partial charge in [-0.25, -0.2) is 9.78 Å². The predicted octanol–water partition coefficient (Wildman–Crippen LogP) is 1.92. The summed E-state index contributed by atoms with van der Waals surface area (Å²) in [4.78, 5) is 26.8. The number of pyridine rings is 1. The molecule has 1 atom stereocenters. The minimum absolute atomic E-state index is 0.135. The van der Waals surface area contributed by atoms with Gasteiger partial charge in [0.1, 0.15) is 11.2 Å². The van der Waals surface area contributed by atoms with Crippen molar-refractivity contribution in [3.8, 4) is 17.6 Å². The number of benzene rings is 1. The number of aromatic nitrogens is 1. The number of nitrogens with zero attached hydrogens (tertiary/aromatic N) is 2. The van der Waals surface area contributed by atoms with Crippen molar-refractivity contribution in [2.24, 2.45) is 0 Å².